The smallest absolute Gasteiger partial charge is 0.263 e. The molecular formula is C20H20N4O5S2. The molecule has 2 amide bonds. The molecule has 0 atom stereocenters. The van der Waals surface area contributed by atoms with Gasteiger partial charge in [-0.3, -0.25) is 14.3 Å². The summed E-state index contributed by atoms with van der Waals surface area (Å²) in [5.74, 6) is -0.404. The number of carbonyl (C=O) groups excluding carboxylic acids is 2. The quantitative estimate of drug-likeness (QED) is 0.448. The van der Waals surface area contributed by atoms with Crippen LogP contribution in [0.3, 0.4) is 0 Å². The molecule has 1 aromatic heterocycles. The van der Waals surface area contributed by atoms with E-state index in [0.29, 0.717) is 23.6 Å². The van der Waals surface area contributed by atoms with Crippen LogP contribution in [0.2, 0.25) is 0 Å². The summed E-state index contributed by atoms with van der Waals surface area (Å²) in [6.07, 6.45) is 0.396. The molecule has 0 bridgehead atoms. The maximum atomic E-state index is 12.5. The van der Waals surface area contributed by atoms with Gasteiger partial charge in [-0.2, -0.15) is 0 Å². The maximum Gasteiger partial charge on any atom is 0.263 e. The van der Waals surface area contributed by atoms with E-state index in [1.807, 2.05) is 0 Å². The largest absolute Gasteiger partial charge is 0.497 e. The van der Waals surface area contributed by atoms with Gasteiger partial charge in [-0.15, -0.1) is 11.3 Å². The molecule has 11 heteroatoms. The van der Waals surface area contributed by atoms with E-state index in [9.17, 15) is 18.0 Å². The number of anilines is 2. The molecule has 0 radical (unpaired) electrons. The summed E-state index contributed by atoms with van der Waals surface area (Å²) < 4.78 is 32.4. The van der Waals surface area contributed by atoms with Gasteiger partial charge in [-0.1, -0.05) is 12.1 Å². The van der Waals surface area contributed by atoms with Crippen LogP contribution < -0.4 is 20.5 Å². The lowest BCUT2D eigenvalue weighted by atomic mass is 10.1. The molecular weight excluding hydrogens is 440 g/mol. The van der Waals surface area contributed by atoms with Gasteiger partial charge < -0.3 is 15.8 Å². The van der Waals surface area contributed by atoms with Gasteiger partial charge in [-0.25, -0.2) is 13.4 Å². The highest BCUT2D eigenvalue weighted by Gasteiger charge is 2.17. The molecule has 162 valence electrons. The molecule has 3 aromatic rings. The van der Waals surface area contributed by atoms with Gasteiger partial charge in [0, 0.05) is 11.8 Å². The van der Waals surface area contributed by atoms with E-state index in [1.165, 1.54) is 25.3 Å². The summed E-state index contributed by atoms with van der Waals surface area (Å²) in [7, 11) is -2.29. The van der Waals surface area contributed by atoms with Crippen LogP contribution in [0.1, 0.15) is 22.5 Å². The van der Waals surface area contributed by atoms with Crippen molar-refractivity contribution in [1.82, 2.24) is 4.98 Å². The zero-order valence-corrected chi connectivity index (χ0v) is 18.1. The summed E-state index contributed by atoms with van der Waals surface area (Å²) in [5.41, 5.74) is 6.43. The lowest BCUT2D eigenvalue weighted by Crippen LogP contribution is -2.18. The van der Waals surface area contributed by atoms with E-state index >= 15 is 0 Å². The highest BCUT2D eigenvalue weighted by atomic mass is 32.2. The van der Waals surface area contributed by atoms with Gasteiger partial charge in [0.15, 0.2) is 5.13 Å². The molecule has 0 spiro atoms. The number of methoxy groups -OCH3 is 1. The fourth-order valence-corrected chi connectivity index (χ4v) is 4.66. The number of nitrogens with zero attached hydrogens (tertiary/aromatic N) is 1. The number of nitrogens with one attached hydrogen (secondary N) is 2. The first-order valence-corrected chi connectivity index (χ1v) is 11.4. The number of primary amides is 1. The molecule has 0 saturated heterocycles. The van der Waals surface area contributed by atoms with Crippen LogP contribution >= 0.6 is 11.3 Å². The van der Waals surface area contributed by atoms with Crippen LogP contribution in [0.5, 0.6) is 5.75 Å². The normalized spacial score (nSPS) is 11.0. The minimum atomic E-state index is -3.79. The third-order valence-electron chi connectivity index (χ3n) is 4.22. The predicted octanol–water partition coefficient (Wildman–Crippen LogP) is 2.62. The zero-order chi connectivity index (χ0) is 22.4. The van der Waals surface area contributed by atoms with E-state index in [1.54, 1.807) is 35.7 Å². The number of hydrogen-bond acceptors (Lipinski definition) is 7. The van der Waals surface area contributed by atoms with Crippen LogP contribution in [0.4, 0.5) is 10.8 Å². The Hall–Kier alpha value is -3.44. The van der Waals surface area contributed by atoms with Crippen molar-refractivity contribution >= 4 is 44.0 Å². The zero-order valence-electron chi connectivity index (χ0n) is 16.5. The van der Waals surface area contributed by atoms with E-state index in [4.69, 9.17) is 10.5 Å². The second-order valence-electron chi connectivity index (χ2n) is 6.38. The van der Waals surface area contributed by atoms with Crippen LogP contribution in [0.25, 0.3) is 0 Å². The average Bonchev–Trinajstić information content (AvgIpc) is 3.19. The Morgan fingerprint density at radius 3 is 2.52 bits per heavy atom. The van der Waals surface area contributed by atoms with Gasteiger partial charge >= 0.3 is 0 Å². The minimum Gasteiger partial charge on any atom is -0.497 e. The van der Waals surface area contributed by atoms with Gasteiger partial charge in [-0.05, 0) is 42.8 Å². The highest BCUT2D eigenvalue weighted by molar-refractivity contribution is 7.93. The fraction of sp³-hybridized carbons (Fsp3) is 0.150. The highest BCUT2D eigenvalue weighted by Crippen LogP contribution is 2.22. The first-order chi connectivity index (χ1) is 14.8. The second kappa shape index (κ2) is 9.58. The van der Waals surface area contributed by atoms with Crippen molar-refractivity contribution in [3.05, 3.63) is 65.2 Å². The minimum absolute atomic E-state index is 0.0811. The molecule has 4 N–H and O–H groups in total. The molecule has 0 fully saturated rings. The molecule has 0 unspecified atom stereocenters. The van der Waals surface area contributed by atoms with Crippen molar-refractivity contribution in [2.45, 2.75) is 17.7 Å². The first kappa shape index (κ1) is 22.2. The number of benzene rings is 2. The summed E-state index contributed by atoms with van der Waals surface area (Å²) in [6, 6.07) is 12.4. The Balaban J connectivity index is 1.58. The van der Waals surface area contributed by atoms with Crippen molar-refractivity contribution in [1.29, 1.82) is 0 Å². The molecule has 31 heavy (non-hydrogen) atoms. The van der Waals surface area contributed by atoms with Crippen LogP contribution in [-0.4, -0.2) is 32.3 Å². The number of sulfonamides is 1. The lowest BCUT2D eigenvalue weighted by molar-refractivity contribution is -0.116. The standard InChI is InChI=1S/C20H20N4O5S2/c1-29-14-7-9-15(10-8-14)31(27,28)24-20-22-13(12-30-20)6-11-18(25)23-17-5-3-2-4-16(17)19(21)26/h2-5,7-10,12H,6,11H2,1H3,(H2,21,26)(H,22,24)(H,23,25). The van der Waals surface area contributed by atoms with Crippen molar-refractivity contribution in [3.63, 3.8) is 0 Å². The van der Waals surface area contributed by atoms with Crippen LogP contribution in [0, 0.1) is 0 Å². The number of hydrogen-bond donors (Lipinski definition) is 3. The Morgan fingerprint density at radius 2 is 1.84 bits per heavy atom. The number of rotatable bonds is 9. The summed E-state index contributed by atoms with van der Waals surface area (Å²) in [4.78, 5) is 28.0. The number of nitrogens with two attached hydrogens (primary N) is 1. The van der Waals surface area contributed by atoms with Crippen LogP contribution in [0.15, 0.2) is 58.8 Å². The summed E-state index contributed by atoms with van der Waals surface area (Å²) in [5, 5.41) is 4.53. The molecule has 0 aliphatic heterocycles. The number of aromatic nitrogens is 1. The number of thiazole rings is 1. The lowest BCUT2D eigenvalue weighted by Gasteiger charge is -2.08. The maximum absolute atomic E-state index is 12.5. The monoisotopic (exact) mass is 460 g/mol. The van der Waals surface area contributed by atoms with E-state index in [2.05, 4.69) is 15.0 Å². The average molecular weight is 461 g/mol. The fourth-order valence-electron chi connectivity index (χ4n) is 2.66. The van der Waals surface area contributed by atoms with E-state index in [-0.39, 0.29) is 27.9 Å². The van der Waals surface area contributed by atoms with Gasteiger partial charge in [0.1, 0.15) is 5.75 Å². The molecule has 0 saturated carbocycles. The van der Waals surface area contributed by atoms with Crippen molar-refractivity contribution in [2.24, 2.45) is 5.73 Å². The SMILES string of the molecule is COc1ccc(S(=O)(=O)Nc2nc(CCC(=O)Nc3ccccc3C(N)=O)cs2)cc1. The van der Waals surface area contributed by atoms with Crippen molar-refractivity contribution in [3.8, 4) is 5.75 Å². The number of amides is 2. The van der Waals surface area contributed by atoms with Crippen molar-refractivity contribution in [2.75, 3.05) is 17.1 Å². The molecule has 0 aliphatic carbocycles. The molecule has 9 nitrogen and oxygen atoms in total. The van der Waals surface area contributed by atoms with Crippen LogP contribution in [-0.2, 0) is 21.2 Å². The van der Waals surface area contributed by atoms with Crippen molar-refractivity contribution < 1.29 is 22.7 Å². The van der Waals surface area contributed by atoms with E-state index in [0.717, 1.165) is 11.3 Å². The Morgan fingerprint density at radius 1 is 1.13 bits per heavy atom. The van der Waals surface area contributed by atoms with E-state index < -0.39 is 15.9 Å². The Bertz CT molecular complexity index is 1190. The van der Waals surface area contributed by atoms with Gasteiger partial charge in [0.25, 0.3) is 15.9 Å². The van der Waals surface area contributed by atoms with Gasteiger partial charge in [0.2, 0.25) is 5.91 Å². The molecule has 3 rings (SSSR count). The molecule has 2 aromatic carbocycles. The molecule has 1 heterocycles. The molecule has 0 aliphatic rings. The first-order valence-electron chi connectivity index (χ1n) is 9.08. The summed E-state index contributed by atoms with van der Waals surface area (Å²) in [6.45, 7) is 0. The Kier molecular flexibility index (Phi) is 6.88. The third-order valence-corrected chi connectivity index (χ3v) is 6.51. The number of para-hydroxylation sites is 1. The predicted molar refractivity (Wildman–Crippen MR) is 118 cm³/mol. The number of aryl methyl sites for hydroxylation is 1. The topological polar surface area (TPSA) is 140 Å². The summed E-state index contributed by atoms with van der Waals surface area (Å²) >= 11 is 1.12. The van der Waals surface area contributed by atoms with Gasteiger partial charge in [0.05, 0.1) is 29.0 Å². The number of carbonyl (C=O) groups is 2. The number of ether oxygens (including phenoxy) is 1. The Labute approximate surface area is 183 Å². The second-order valence-corrected chi connectivity index (χ2v) is 8.92. The third kappa shape index (κ3) is 5.80.